The van der Waals surface area contributed by atoms with Crippen molar-refractivity contribution in [3.63, 3.8) is 0 Å². The second kappa shape index (κ2) is 6.97. The summed E-state index contributed by atoms with van der Waals surface area (Å²) in [5.41, 5.74) is 0. The van der Waals surface area contributed by atoms with Crippen molar-refractivity contribution >= 4 is 5.97 Å². The second-order valence-electron chi connectivity index (χ2n) is 5.01. The molecule has 1 rings (SSSR count). The number of carbonyl (C=O) groups excluding carboxylic acids is 1. The standard InChI is InChI=1S/C13H25NO3/c1-10(13(15)17-4)11(2)14-7-5-6-12(8-14)9-16-3/h10-12H,5-9H2,1-4H3. The van der Waals surface area contributed by atoms with Crippen LogP contribution in [0.2, 0.25) is 0 Å². The van der Waals surface area contributed by atoms with Crippen molar-refractivity contribution in [3.05, 3.63) is 0 Å². The summed E-state index contributed by atoms with van der Waals surface area (Å²) in [6.07, 6.45) is 2.41. The fourth-order valence-corrected chi connectivity index (χ4v) is 2.54. The van der Waals surface area contributed by atoms with Gasteiger partial charge in [-0.25, -0.2) is 0 Å². The van der Waals surface area contributed by atoms with Crippen molar-refractivity contribution < 1.29 is 14.3 Å². The number of rotatable bonds is 5. The van der Waals surface area contributed by atoms with Crippen LogP contribution in [-0.4, -0.2) is 50.8 Å². The molecule has 3 atom stereocenters. The number of likely N-dealkylation sites (tertiary alicyclic amines) is 1. The van der Waals surface area contributed by atoms with Gasteiger partial charge in [-0.05, 0) is 32.2 Å². The molecule has 100 valence electrons. The summed E-state index contributed by atoms with van der Waals surface area (Å²) in [6.45, 7) is 6.96. The Morgan fingerprint density at radius 2 is 2.12 bits per heavy atom. The lowest BCUT2D eigenvalue weighted by atomic mass is 9.94. The Bertz CT molecular complexity index is 243. The van der Waals surface area contributed by atoms with E-state index >= 15 is 0 Å². The normalized spacial score (nSPS) is 25.3. The van der Waals surface area contributed by atoms with E-state index in [1.807, 2.05) is 6.92 Å². The Kier molecular flexibility index (Phi) is 5.92. The van der Waals surface area contributed by atoms with Crippen molar-refractivity contribution in [1.29, 1.82) is 0 Å². The fourth-order valence-electron chi connectivity index (χ4n) is 2.54. The Morgan fingerprint density at radius 1 is 1.41 bits per heavy atom. The van der Waals surface area contributed by atoms with Crippen molar-refractivity contribution in [3.8, 4) is 0 Å². The van der Waals surface area contributed by atoms with Crippen molar-refractivity contribution in [2.45, 2.75) is 32.7 Å². The van der Waals surface area contributed by atoms with Gasteiger partial charge in [0.2, 0.25) is 0 Å². The molecule has 0 amide bonds. The number of piperidine rings is 1. The number of methoxy groups -OCH3 is 2. The molecule has 0 saturated carbocycles. The van der Waals surface area contributed by atoms with Crippen LogP contribution in [0.1, 0.15) is 26.7 Å². The number of hydrogen-bond donors (Lipinski definition) is 0. The summed E-state index contributed by atoms with van der Waals surface area (Å²) < 4.78 is 10.0. The van der Waals surface area contributed by atoms with Gasteiger partial charge in [0.1, 0.15) is 0 Å². The fraction of sp³-hybridized carbons (Fsp3) is 0.923. The topological polar surface area (TPSA) is 38.8 Å². The van der Waals surface area contributed by atoms with E-state index in [9.17, 15) is 4.79 Å². The maximum absolute atomic E-state index is 11.5. The molecule has 4 heteroatoms. The Balaban J connectivity index is 2.50. The monoisotopic (exact) mass is 243 g/mol. The second-order valence-corrected chi connectivity index (χ2v) is 5.01. The molecule has 0 aromatic heterocycles. The summed E-state index contributed by atoms with van der Waals surface area (Å²) in [5, 5.41) is 0. The van der Waals surface area contributed by atoms with Crippen LogP contribution >= 0.6 is 0 Å². The highest BCUT2D eigenvalue weighted by Crippen LogP contribution is 2.22. The first-order chi connectivity index (χ1) is 8.10. The van der Waals surface area contributed by atoms with E-state index in [1.54, 1.807) is 7.11 Å². The minimum atomic E-state index is -0.119. The minimum Gasteiger partial charge on any atom is -0.469 e. The maximum Gasteiger partial charge on any atom is 0.309 e. The van der Waals surface area contributed by atoms with Gasteiger partial charge >= 0.3 is 5.97 Å². The van der Waals surface area contributed by atoms with Crippen LogP contribution in [0, 0.1) is 11.8 Å². The first-order valence-corrected chi connectivity index (χ1v) is 6.41. The lowest BCUT2D eigenvalue weighted by Crippen LogP contribution is -2.46. The molecule has 0 bridgehead atoms. The van der Waals surface area contributed by atoms with E-state index in [1.165, 1.54) is 20.0 Å². The summed E-state index contributed by atoms with van der Waals surface area (Å²) in [6, 6.07) is 0.238. The van der Waals surface area contributed by atoms with Gasteiger partial charge in [0.15, 0.2) is 0 Å². The van der Waals surface area contributed by atoms with Gasteiger partial charge in [-0.1, -0.05) is 6.92 Å². The molecule has 0 aromatic rings. The van der Waals surface area contributed by atoms with Gasteiger partial charge in [-0.15, -0.1) is 0 Å². The smallest absolute Gasteiger partial charge is 0.309 e. The quantitative estimate of drug-likeness (QED) is 0.687. The van der Waals surface area contributed by atoms with E-state index in [4.69, 9.17) is 9.47 Å². The van der Waals surface area contributed by atoms with E-state index < -0.39 is 0 Å². The molecule has 1 heterocycles. The van der Waals surface area contributed by atoms with E-state index in [0.29, 0.717) is 5.92 Å². The zero-order valence-electron chi connectivity index (χ0n) is 11.4. The SMILES string of the molecule is COCC1CCCN(C(C)C(C)C(=O)OC)C1. The van der Waals surface area contributed by atoms with E-state index in [-0.39, 0.29) is 17.9 Å². The van der Waals surface area contributed by atoms with E-state index in [0.717, 1.165) is 19.7 Å². The predicted molar refractivity (Wildman–Crippen MR) is 66.8 cm³/mol. The van der Waals surface area contributed by atoms with Crippen LogP contribution in [0.5, 0.6) is 0 Å². The first-order valence-electron chi connectivity index (χ1n) is 6.41. The highest BCUT2D eigenvalue weighted by molar-refractivity contribution is 5.72. The summed E-state index contributed by atoms with van der Waals surface area (Å²) in [7, 11) is 3.20. The van der Waals surface area contributed by atoms with Crippen LogP contribution in [0.3, 0.4) is 0 Å². The van der Waals surface area contributed by atoms with Gasteiger partial charge in [-0.2, -0.15) is 0 Å². The third-order valence-electron chi connectivity index (χ3n) is 3.83. The molecule has 0 N–H and O–H groups in total. The van der Waals surface area contributed by atoms with Gasteiger partial charge in [0.05, 0.1) is 19.6 Å². The van der Waals surface area contributed by atoms with Gasteiger partial charge in [-0.3, -0.25) is 9.69 Å². The Labute approximate surface area is 104 Å². The summed E-state index contributed by atoms with van der Waals surface area (Å²) in [4.78, 5) is 13.9. The molecule has 0 spiro atoms. The predicted octanol–water partition coefficient (Wildman–Crippen LogP) is 1.54. The first kappa shape index (κ1) is 14.5. The van der Waals surface area contributed by atoms with Crippen LogP contribution in [0.4, 0.5) is 0 Å². The Hall–Kier alpha value is -0.610. The van der Waals surface area contributed by atoms with Crippen LogP contribution in [-0.2, 0) is 14.3 Å². The number of nitrogens with zero attached hydrogens (tertiary/aromatic N) is 1. The molecule has 3 unspecified atom stereocenters. The van der Waals surface area contributed by atoms with Crippen molar-refractivity contribution in [1.82, 2.24) is 4.90 Å². The third kappa shape index (κ3) is 3.96. The lowest BCUT2D eigenvalue weighted by molar-refractivity contribution is -0.147. The zero-order valence-corrected chi connectivity index (χ0v) is 11.4. The minimum absolute atomic E-state index is 0.0682. The highest BCUT2D eigenvalue weighted by Gasteiger charge is 2.29. The molecule has 0 radical (unpaired) electrons. The highest BCUT2D eigenvalue weighted by atomic mass is 16.5. The van der Waals surface area contributed by atoms with Gasteiger partial charge in [0, 0.05) is 19.7 Å². The molecule has 1 aliphatic heterocycles. The third-order valence-corrected chi connectivity index (χ3v) is 3.83. The average molecular weight is 243 g/mol. The Morgan fingerprint density at radius 3 is 2.71 bits per heavy atom. The lowest BCUT2D eigenvalue weighted by Gasteiger charge is -2.38. The van der Waals surface area contributed by atoms with Crippen LogP contribution in [0.25, 0.3) is 0 Å². The van der Waals surface area contributed by atoms with Crippen molar-refractivity contribution in [2.24, 2.45) is 11.8 Å². The maximum atomic E-state index is 11.5. The van der Waals surface area contributed by atoms with Crippen molar-refractivity contribution in [2.75, 3.05) is 33.9 Å². The molecule has 4 nitrogen and oxygen atoms in total. The molecular weight excluding hydrogens is 218 g/mol. The zero-order chi connectivity index (χ0) is 12.8. The molecule has 17 heavy (non-hydrogen) atoms. The summed E-state index contributed by atoms with van der Waals surface area (Å²) in [5.74, 6) is 0.411. The molecule has 1 saturated heterocycles. The molecule has 1 fully saturated rings. The molecule has 1 aliphatic rings. The number of carbonyl (C=O) groups is 1. The molecule has 0 aromatic carbocycles. The largest absolute Gasteiger partial charge is 0.469 e. The number of hydrogen-bond acceptors (Lipinski definition) is 4. The molecular formula is C13H25NO3. The molecule has 0 aliphatic carbocycles. The van der Waals surface area contributed by atoms with Gasteiger partial charge < -0.3 is 9.47 Å². The number of ether oxygens (including phenoxy) is 2. The van der Waals surface area contributed by atoms with Crippen LogP contribution < -0.4 is 0 Å². The van der Waals surface area contributed by atoms with Gasteiger partial charge in [0.25, 0.3) is 0 Å². The average Bonchev–Trinajstić information content (AvgIpc) is 2.36. The number of esters is 1. The van der Waals surface area contributed by atoms with Crippen LogP contribution in [0.15, 0.2) is 0 Å². The van der Waals surface area contributed by atoms with E-state index in [2.05, 4.69) is 11.8 Å². The summed E-state index contributed by atoms with van der Waals surface area (Å²) >= 11 is 0.